The van der Waals surface area contributed by atoms with Crippen LogP contribution in [0.2, 0.25) is 5.02 Å². The van der Waals surface area contributed by atoms with Gasteiger partial charge in [0.15, 0.2) is 18.2 Å². The van der Waals surface area contributed by atoms with Gasteiger partial charge in [0.2, 0.25) is 17.8 Å². The van der Waals surface area contributed by atoms with Gasteiger partial charge in [0.25, 0.3) is 17.4 Å². The van der Waals surface area contributed by atoms with Gasteiger partial charge in [0, 0.05) is 71.4 Å². The molecule has 0 bridgehead atoms. The Labute approximate surface area is 340 Å². The highest BCUT2D eigenvalue weighted by Crippen LogP contribution is 2.36. The number of carbonyl (C=O) groups excluding carboxylic acids is 3. The van der Waals surface area contributed by atoms with Crippen LogP contribution < -0.4 is 41.7 Å². The van der Waals surface area contributed by atoms with Crippen LogP contribution >= 0.6 is 11.6 Å². The monoisotopic (exact) mass is 833 g/mol. The summed E-state index contributed by atoms with van der Waals surface area (Å²) >= 11 is 6.48. The number of carbonyl (C=O) groups is 3. The Kier molecular flexibility index (Phi) is 10.5. The van der Waals surface area contributed by atoms with Crippen molar-refractivity contribution >= 4 is 74.4 Å². The summed E-state index contributed by atoms with van der Waals surface area (Å²) in [4.78, 5) is 76.6. The van der Waals surface area contributed by atoms with Crippen molar-refractivity contribution in [3.05, 3.63) is 74.5 Å². The third-order valence-corrected chi connectivity index (χ3v) is 11.6. The van der Waals surface area contributed by atoms with Gasteiger partial charge in [-0.2, -0.15) is 4.98 Å². The molecular formula is C39H42ClF2N11O6. The summed E-state index contributed by atoms with van der Waals surface area (Å²) in [7, 11) is 4.70. The Bertz CT molecular complexity index is 2620. The number of piperazine rings is 1. The van der Waals surface area contributed by atoms with E-state index in [1.54, 1.807) is 38.4 Å². The Balaban J connectivity index is 0.941. The van der Waals surface area contributed by atoms with Gasteiger partial charge in [0.05, 0.1) is 41.0 Å². The quantitative estimate of drug-likeness (QED) is 0.185. The number of aryl methyl sites for hydroxylation is 2. The van der Waals surface area contributed by atoms with Crippen molar-refractivity contribution in [2.45, 2.75) is 37.3 Å². The van der Waals surface area contributed by atoms with E-state index < -0.39 is 36.0 Å². The molecule has 2 unspecified atom stereocenters. The van der Waals surface area contributed by atoms with Crippen LogP contribution in [0.25, 0.3) is 21.9 Å². The van der Waals surface area contributed by atoms with Crippen LogP contribution in [0.4, 0.5) is 31.9 Å². The number of ether oxygens (including phenoxy) is 1. The van der Waals surface area contributed by atoms with Crippen molar-refractivity contribution < 1.29 is 27.9 Å². The number of alkyl halides is 2. The van der Waals surface area contributed by atoms with Crippen LogP contribution in [0, 0.1) is 0 Å². The Hall–Kier alpha value is -6.08. The molecule has 6 heterocycles. The molecule has 0 aliphatic carbocycles. The summed E-state index contributed by atoms with van der Waals surface area (Å²) in [6.45, 7) is 0.971. The Morgan fingerprint density at radius 2 is 1.76 bits per heavy atom. The number of imide groups is 1. The molecule has 3 N–H and O–H groups in total. The van der Waals surface area contributed by atoms with E-state index >= 15 is 8.78 Å². The first-order valence-corrected chi connectivity index (χ1v) is 19.5. The van der Waals surface area contributed by atoms with E-state index in [1.807, 2.05) is 17.0 Å². The summed E-state index contributed by atoms with van der Waals surface area (Å²) in [5.74, 6) is -4.07. The first-order valence-electron chi connectivity index (χ1n) is 19.2. The maximum atomic E-state index is 16.1. The number of nitrogens with one attached hydrogen (secondary N) is 3. The number of aromatic nitrogens is 5. The molecule has 0 saturated carbocycles. The molecule has 2 aromatic carbocycles. The lowest BCUT2D eigenvalue weighted by molar-refractivity contribution is -0.135. The van der Waals surface area contributed by atoms with Gasteiger partial charge in [-0.05, 0) is 49.2 Å². The SMILES string of the molecule is CNC(=O)COc1cc2cc(Nc3nc(N4CCC(N5CCN(c6cccc7c6n(C)c(=O)n7C6CCC(=O)NC6=O)CC5)C(F)(F)C4)ncc3Cl)ccc2n(C)c1=O. The second kappa shape index (κ2) is 15.6. The van der Waals surface area contributed by atoms with Gasteiger partial charge < -0.3 is 29.7 Å². The molecule has 17 nitrogen and oxygen atoms in total. The molecule has 59 heavy (non-hydrogen) atoms. The van der Waals surface area contributed by atoms with Crippen molar-refractivity contribution in [2.75, 3.05) is 68.0 Å². The standard InChI is InChI=1S/C39H42ClF2N11O6/c1-43-32(55)20-59-29-18-22-17-23(7-8-25(22)48(2)36(29)57)45-34-24(40)19-44-37(47-34)52-12-11-30(39(41,42)21-52)51-15-13-50(14-16-51)26-5-4-6-27-33(26)49(3)38(58)53(27)28-9-10-31(54)46-35(28)56/h4-8,17-19,28,30H,9-16,20-21H2,1-3H3,(H,43,55)(H,44,45,47)(H,46,54,56). The number of fused-ring (bicyclic) bond motifs is 2. The normalized spacial score (nSPS) is 19.9. The molecule has 8 rings (SSSR count). The minimum atomic E-state index is -3.11. The number of piperidine rings is 2. The third-order valence-electron chi connectivity index (χ3n) is 11.4. The lowest BCUT2D eigenvalue weighted by Crippen LogP contribution is -2.62. The average molecular weight is 834 g/mol. The molecule has 3 aliphatic rings. The summed E-state index contributed by atoms with van der Waals surface area (Å²) in [6, 6.07) is 10.4. The number of hydrogen-bond acceptors (Lipinski definition) is 12. The molecule has 20 heteroatoms. The average Bonchev–Trinajstić information content (AvgIpc) is 3.47. The number of hydrogen-bond donors (Lipinski definition) is 3. The zero-order chi connectivity index (χ0) is 41.7. The molecule has 3 fully saturated rings. The van der Waals surface area contributed by atoms with Crippen LogP contribution in [0.3, 0.4) is 0 Å². The largest absolute Gasteiger partial charge is 0.478 e. The topological polar surface area (TPSA) is 181 Å². The second-order valence-corrected chi connectivity index (χ2v) is 15.3. The molecule has 3 amide bonds. The number of likely N-dealkylation sites (N-methyl/N-ethyl adjacent to an activating group) is 1. The lowest BCUT2D eigenvalue weighted by Gasteiger charge is -2.46. The predicted molar refractivity (Wildman–Crippen MR) is 217 cm³/mol. The summed E-state index contributed by atoms with van der Waals surface area (Å²) in [5, 5.41) is 8.71. The van der Waals surface area contributed by atoms with E-state index in [2.05, 4.69) is 30.8 Å². The second-order valence-electron chi connectivity index (χ2n) is 14.9. The number of halogens is 3. The van der Waals surface area contributed by atoms with Crippen LogP contribution in [-0.2, 0) is 28.5 Å². The van der Waals surface area contributed by atoms with Gasteiger partial charge >= 0.3 is 5.69 Å². The molecule has 3 aromatic heterocycles. The van der Waals surface area contributed by atoms with E-state index in [9.17, 15) is 24.0 Å². The van der Waals surface area contributed by atoms with E-state index in [4.69, 9.17) is 16.3 Å². The van der Waals surface area contributed by atoms with Crippen molar-refractivity contribution in [2.24, 2.45) is 14.1 Å². The minimum absolute atomic E-state index is 0.000660. The zero-order valence-corrected chi connectivity index (χ0v) is 33.3. The maximum absolute atomic E-state index is 16.1. The summed E-state index contributed by atoms with van der Waals surface area (Å²) < 4.78 is 42.0. The summed E-state index contributed by atoms with van der Waals surface area (Å²) in [5.41, 5.74) is 2.36. The van der Waals surface area contributed by atoms with E-state index in [1.165, 1.54) is 37.9 Å². The number of pyridine rings is 1. The maximum Gasteiger partial charge on any atom is 0.329 e. The van der Waals surface area contributed by atoms with Crippen molar-refractivity contribution in [1.29, 1.82) is 0 Å². The predicted octanol–water partition coefficient (Wildman–Crippen LogP) is 2.52. The number of nitrogens with zero attached hydrogens (tertiary/aromatic N) is 8. The zero-order valence-electron chi connectivity index (χ0n) is 32.5. The van der Waals surface area contributed by atoms with Crippen molar-refractivity contribution in [3.63, 3.8) is 0 Å². The number of rotatable bonds is 9. The third kappa shape index (κ3) is 7.43. The molecule has 310 valence electrons. The fourth-order valence-corrected chi connectivity index (χ4v) is 8.45. The lowest BCUT2D eigenvalue weighted by atomic mass is 9.98. The van der Waals surface area contributed by atoms with Gasteiger partial charge in [-0.15, -0.1) is 0 Å². The number of para-hydroxylation sites is 1. The molecule has 3 saturated heterocycles. The van der Waals surface area contributed by atoms with E-state index in [0.717, 1.165) is 5.69 Å². The van der Waals surface area contributed by atoms with Gasteiger partial charge in [-0.1, -0.05) is 17.7 Å². The number of amides is 3. The van der Waals surface area contributed by atoms with Crippen molar-refractivity contribution in [1.82, 2.24) is 39.2 Å². The number of anilines is 4. The molecule has 2 atom stereocenters. The highest BCUT2D eigenvalue weighted by molar-refractivity contribution is 6.33. The first-order chi connectivity index (χ1) is 28.2. The number of benzene rings is 2. The highest BCUT2D eigenvalue weighted by atomic mass is 35.5. The minimum Gasteiger partial charge on any atom is -0.478 e. The van der Waals surface area contributed by atoms with Gasteiger partial charge in [-0.3, -0.25) is 38.5 Å². The molecule has 3 aliphatic heterocycles. The van der Waals surface area contributed by atoms with Gasteiger partial charge in [0.1, 0.15) is 11.1 Å². The number of imidazole rings is 1. The Morgan fingerprint density at radius 1 is 0.983 bits per heavy atom. The van der Waals surface area contributed by atoms with Crippen molar-refractivity contribution in [3.8, 4) is 5.75 Å². The van der Waals surface area contributed by atoms with Crippen LogP contribution in [0.5, 0.6) is 5.75 Å². The fraction of sp³-hybridized carbons (Fsp3) is 0.410. The molecular weight excluding hydrogens is 792 g/mol. The van der Waals surface area contributed by atoms with Crippen LogP contribution in [0.1, 0.15) is 25.3 Å². The van der Waals surface area contributed by atoms with Crippen LogP contribution in [-0.4, -0.2) is 111 Å². The first kappa shape index (κ1) is 39.7. The summed E-state index contributed by atoms with van der Waals surface area (Å²) in [6.07, 6.45) is 1.88. The highest BCUT2D eigenvalue weighted by Gasteiger charge is 2.48. The molecule has 0 spiro atoms. The molecule has 0 radical (unpaired) electrons. The molecule has 5 aromatic rings. The van der Waals surface area contributed by atoms with E-state index in [0.29, 0.717) is 53.8 Å². The van der Waals surface area contributed by atoms with Gasteiger partial charge in [-0.25, -0.2) is 18.6 Å². The van der Waals surface area contributed by atoms with Crippen LogP contribution in [0.15, 0.2) is 58.3 Å². The van der Waals surface area contributed by atoms with E-state index in [-0.39, 0.29) is 72.5 Å². The fourth-order valence-electron chi connectivity index (χ4n) is 8.31. The smallest absolute Gasteiger partial charge is 0.329 e. The Morgan fingerprint density at radius 3 is 2.49 bits per heavy atom.